The zero-order chi connectivity index (χ0) is 19.8. The standard InChI is InChI=1S/C19H19F3N4O2/c1-10(27)24-17-7-23-15-3-2-13(6-14(15)17)28-9-11-4-12-8-26(19(22)18(20)21)25-16(12)5-11/h2-3,6-8,11,18-19,23H,4-5,9H2,1H3,(H,24,27). The number of H-pyrrole nitrogens is 1. The van der Waals surface area contributed by atoms with Crippen LogP contribution in [0.1, 0.15) is 24.5 Å². The first-order chi connectivity index (χ1) is 13.4. The van der Waals surface area contributed by atoms with Gasteiger partial charge in [-0.25, -0.2) is 17.9 Å². The van der Waals surface area contributed by atoms with E-state index in [9.17, 15) is 18.0 Å². The van der Waals surface area contributed by atoms with E-state index in [1.54, 1.807) is 6.20 Å². The summed E-state index contributed by atoms with van der Waals surface area (Å²) in [5, 5.41) is 7.56. The van der Waals surface area contributed by atoms with Crippen LogP contribution >= 0.6 is 0 Å². The van der Waals surface area contributed by atoms with Crippen LogP contribution in [-0.4, -0.2) is 33.7 Å². The SMILES string of the molecule is CC(=O)Nc1c[nH]c2ccc(OCC3Cc4cn(C(F)C(F)F)nc4C3)cc12. The van der Waals surface area contributed by atoms with Gasteiger partial charge in [0, 0.05) is 36.1 Å². The average Bonchev–Trinajstić information content (AvgIpc) is 3.32. The molecule has 1 aliphatic rings. The van der Waals surface area contributed by atoms with Gasteiger partial charge < -0.3 is 15.0 Å². The van der Waals surface area contributed by atoms with Gasteiger partial charge in [0.05, 0.1) is 18.0 Å². The number of hydrogen-bond donors (Lipinski definition) is 2. The maximum Gasteiger partial charge on any atom is 0.289 e. The molecule has 0 saturated heterocycles. The summed E-state index contributed by atoms with van der Waals surface area (Å²) in [5.41, 5.74) is 2.99. The molecular formula is C19H19F3N4O2. The quantitative estimate of drug-likeness (QED) is 0.669. The first-order valence-electron chi connectivity index (χ1n) is 8.91. The topological polar surface area (TPSA) is 71.9 Å². The molecule has 0 aliphatic heterocycles. The van der Waals surface area contributed by atoms with E-state index in [2.05, 4.69) is 15.4 Å². The number of carbonyl (C=O) groups excluding carboxylic acids is 1. The van der Waals surface area contributed by atoms with Crippen LogP contribution in [0.15, 0.2) is 30.6 Å². The van der Waals surface area contributed by atoms with Gasteiger partial charge in [-0.15, -0.1) is 0 Å². The number of amides is 1. The lowest BCUT2D eigenvalue weighted by atomic mass is 10.1. The molecule has 4 rings (SSSR count). The molecule has 1 aliphatic carbocycles. The number of fused-ring (bicyclic) bond motifs is 2. The highest BCUT2D eigenvalue weighted by Crippen LogP contribution is 2.31. The lowest BCUT2D eigenvalue weighted by Crippen LogP contribution is -2.16. The summed E-state index contributed by atoms with van der Waals surface area (Å²) in [5.74, 6) is 0.651. The van der Waals surface area contributed by atoms with E-state index in [0.29, 0.717) is 41.3 Å². The van der Waals surface area contributed by atoms with Crippen molar-refractivity contribution in [3.05, 3.63) is 41.9 Å². The maximum atomic E-state index is 13.4. The molecule has 2 atom stereocenters. The second kappa shape index (κ2) is 7.21. The number of hydrogen-bond acceptors (Lipinski definition) is 3. The van der Waals surface area contributed by atoms with Gasteiger partial charge >= 0.3 is 0 Å². The highest BCUT2D eigenvalue weighted by Gasteiger charge is 2.29. The van der Waals surface area contributed by atoms with Gasteiger partial charge in [-0.1, -0.05) is 0 Å². The molecule has 3 aromatic rings. The highest BCUT2D eigenvalue weighted by atomic mass is 19.3. The Morgan fingerprint density at radius 3 is 2.93 bits per heavy atom. The Hall–Kier alpha value is -2.97. The molecule has 148 valence electrons. The molecule has 6 nitrogen and oxygen atoms in total. The lowest BCUT2D eigenvalue weighted by molar-refractivity contribution is -0.114. The number of nitrogens with zero attached hydrogens (tertiary/aromatic N) is 2. The van der Waals surface area contributed by atoms with Crippen LogP contribution in [0.5, 0.6) is 5.75 Å². The fraction of sp³-hybridized carbons (Fsp3) is 0.368. The molecule has 2 unspecified atom stereocenters. The van der Waals surface area contributed by atoms with Gasteiger partial charge in [0.25, 0.3) is 12.7 Å². The average molecular weight is 392 g/mol. The van der Waals surface area contributed by atoms with E-state index in [4.69, 9.17) is 4.74 Å². The van der Waals surface area contributed by atoms with E-state index < -0.39 is 12.7 Å². The van der Waals surface area contributed by atoms with Crippen molar-refractivity contribution in [1.82, 2.24) is 14.8 Å². The largest absolute Gasteiger partial charge is 0.493 e. The van der Waals surface area contributed by atoms with E-state index in [0.717, 1.165) is 16.5 Å². The van der Waals surface area contributed by atoms with Crippen molar-refractivity contribution < 1.29 is 22.7 Å². The van der Waals surface area contributed by atoms with Gasteiger partial charge in [0.2, 0.25) is 5.91 Å². The van der Waals surface area contributed by atoms with Crippen LogP contribution in [0.25, 0.3) is 10.9 Å². The van der Waals surface area contributed by atoms with Gasteiger partial charge in [0.15, 0.2) is 0 Å². The third kappa shape index (κ3) is 3.56. The molecule has 2 N–H and O–H groups in total. The monoisotopic (exact) mass is 392 g/mol. The molecule has 9 heteroatoms. The van der Waals surface area contributed by atoms with E-state index in [1.807, 2.05) is 18.2 Å². The third-order valence-electron chi connectivity index (χ3n) is 4.80. The van der Waals surface area contributed by atoms with Crippen molar-refractivity contribution in [3.63, 3.8) is 0 Å². The van der Waals surface area contributed by atoms with Crippen LogP contribution < -0.4 is 10.1 Å². The van der Waals surface area contributed by atoms with Crippen molar-refractivity contribution in [1.29, 1.82) is 0 Å². The highest BCUT2D eigenvalue weighted by molar-refractivity contribution is 6.01. The maximum absolute atomic E-state index is 13.4. The predicted octanol–water partition coefficient (Wildman–Crippen LogP) is 3.85. The molecule has 0 radical (unpaired) electrons. The Bertz CT molecular complexity index is 990. The molecule has 2 heterocycles. The van der Waals surface area contributed by atoms with Gasteiger partial charge in [-0.3, -0.25) is 4.79 Å². The summed E-state index contributed by atoms with van der Waals surface area (Å²) < 4.78 is 44.9. The van der Waals surface area contributed by atoms with E-state index in [-0.39, 0.29) is 11.8 Å². The Balaban J connectivity index is 1.39. The Labute approximate surface area is 158 Å². The van der Waals surface area contributed by atoms with Crippen LogP contribution in [0.2, 0.25) is 0 Å². The number of rotatable bonds is 6. The molecule has 28 heavy (non-hydrogen) atoms. The number of carbonyl (C=O) groups is 1. The van der Waals surface area contributed by atoms with Crippen LogP contribution in [0.3, 0.4) is 0 Å². The number of aromatic nitrogens is 3. The van der Waals surface area contributed by atoms with Crippen LogP contribution in [0.4, 0.5) is 18.9 Å². The molecule has 1 amide bonds. The molecule has 0 fully saturated rings. The molecule has 0 spiro atoms. The molecule has 2 aromatic heterocycles. The lowest BCUT2D eigenvalue weighted by Gasteiger charge is -2.13. The zero-order valence-electron chi connectivity index (χ0n) is 15.1. The molecule has 0 bridgehead atoms. The van der Waals surface area contributed by atoms with E-state index >= 15 is 0 Å². The fourth-order valence-corrected chi connectivity index (χ4v) is 3.52. The Morgan fingerprint density at radius 2 is 2.21 bits per heavy atom. The minimum atomic E-state index is -3.09. The van der Waals surface area contributed by atoms with Crippen LogP contribution in [-0.2, 0) is 17.6 Å². The number of benzene rings is 1. The summed E-state index contributed by atoms with van der Waals surface area (Å²) in [4.78, 5) is 14.4. The number of aromatic amines is 1. The third-order valence-corrected chi connectivity index (χ3v) is 4.80. The van der Waals surface area contributed by atoms with Crippen molar-refractivity contribution >= 4 is 22.5 Å². The summed E-state index contributed by atoms with van der Waals surface area (Å²) in [6.07, 6.45) is -1.26. The van der Waals surface area contributed by atoms with Gasteiger partial charge in [0.1, 0.15) is 5.75 Å². The summed E-state index contributed by atoms with van der Waals surface area (Å²) >= 11 is 0. The second-order valence-corrected chi connectivity index (χ2v) is 6.96. The smallest absolute Gasteiger partial charge is 0.289 e. The second-order valence-electron chi connectivity index (χ2n) is 6.96. The van der Waals surface area contributed by atoms with Gasteiger partial charge in [-0.2, -0.15) is 5.10 Å². The van der Waals surface area contributed by atoms with Crippen LogP contribution in [0, 0.1) is 5.92 Å². The summed E-state index contributed by atoms with van der Waals surface area (Å²) in [7, 11) is 0. The number of nitrogens with one attached hydrogen (secondary N) is 2. The van der Waals surface area contributed by atoms with E-state index in [1.165, 1.54) is 13.1 Å². The molecule has 1 aromatic carbocycles. The van der Waals surface area contributed by atoms with Crippen molar-refractivity contribution in [3.8, 4) is 5.75 Å². The summed E-state index contributed by atoms with van der Waals surface area (Å²) in [6.45, 7) is 1.87. The number of alkyl halides is 3. The minimum absolute atomic E-state index is 0.147. The van der Waals surface area contributed by atoms with Crippen molar-refractivity contribution in [2.24, 2.45) is 5.92 Å². The Kier molecular flexibility index (Phi) is 4.74. The summed E-state index contributed by atoms with van der Waals surface area (Å²) in [6, 6.07) is 5.55. The normalized spacial score (nSPS) is 17.1. The zero-order valence-corrected chi connectivity index (χ0v) is 15.1. The first kappa shape index (κ1) is 18.4. The van der Waals surface area contributed by atoms with Gasteiger partial charge in [-0.05, 0) is 36.6 Å². The number of anilines is 1. The minimum Gasteiger partial charge on any atom is -0.493 e. The predicted molar refractivity (Wildman–Crippen MR) is 97.4 cm³/mol. The Morgan fingerprint density at radius 1 is 1.39 bits per heavy atom. The number of halogens is 3. The first-order valence-corrected chi connectivity index (χ1v) is 8.91. The molecule has 0 saturated carbocycles. The fourth-order valence-electron chi connectivity index (χ4n) is 3.52. The van der Waals surface area contributed by atoms with Crippen molar-refractivity contribution in [2.45, 2.75) is 32.5 Å². The van der Waals surface area contributed by atoms with Crippen molar-refractivity contribution in [2.75, 3.05) is 11.9 Å². The number of ether oxygens (including phenoxy) is 1. The molecular weight excluding hydrogens is 373 g/mol.